The molecule has 0 unspecified atom stereocenters. The van der Waals surface area contributed by atoms with E-state index >= 15 is 0 Å². The van der Waals surface area contributed by atoms with Gasteiger partial charge in [0.15, 0.2) is 0 Å². The number of nitrogens with zero attached hydrogens (tertiary/aromatic N) is 1. The number of hydrogen-bond acceptors (Lipinski definition) is 4. The second-order valence-electron chi connectivity index (χ2n) is 4.24. The van der Waals surface area contributed by atoms with Gasteiger partial charge in [-0.3, -0.25) is 4.79 Å². The van der Waals surface area contributed by atoms with Crippen LogP contribution in [-0.2, 0) is 17.9 Å². The fourth-order valence-electron chi connectivity index (χ4n) is 1.69. The molecule has 0 saturated heterocycles. The van der Waals surface area contributed by atoms with Crippen molar-refractivity contribution in [1.29, 1.82) is 5.26 Å². The lowest BCUT2D eigenvalue weighted by Crippen LogP contribution is -2.33. The maximum atomic E-state index is 11.6. The van der Waals surface area contributed by atoms with Crippen molar-refractivity contribution in [3.05, 3.63) is 59.5 Å². The fraction of sp³-hybridized carbons (Fsp3) is 0.200. The molecule has 0 aliphatic heterocycles. The van der Waals surface area contributed by atoms with Gasteiger partial charge in [0.05, 0.1) is 13.1 Å². The van der Waals surface area contributed by atoms with E-state index in [2.05, 4.69) is 10.6 Å². The van der Waals surface area contributed by atoms with Gasteiger partial charge < -0.3 is 15.1 Å². The van der Waals surface area contributed by atoms with E-state index in [-0.39, 0.29) is 18.2 Å². The molecule has 1 heterocycles. The zero-order valence-electron chi connectivity index (χ0n) is 10.9. The normalized spacial score (nSPS) is 9.95. The molecule has 20 heavy (non-hydrogen) atoms. The van der Waals surface area contributed by atoms with Crippen LogP contribution >= 0.6 is 0 Å². The van der Waals surface area contributed by atoms with Crippen molar-refractivity contribution in [2.45, 2.75) is 13.1 Å². The lowest BCUT2D eigenvalue weighted by atomic mass is 10.2. The summed E-state index contributed by atoms with van der Waals surface area (Å²) >= 11 is 0. The average Bonchev–Trinajstić information content (AvgIpc) is 2.94. The van der Waals surface area contributed by atoms with Crippen molar-refractivity contribution in [1.82, 2.24) is 10.6 Å². The highest BCUT2D eigenvalue weighted by atomic mass is 16.3. The number of amides is 1. The summed E-state index contributed by atoms with van der Waals surface area (Å²) in [6.45, 7) is 1.14. The van der Waals surface area contributed by atoms with E-state index in [1.807, 2.05) is 36.4 Å². The standard InChI is InChI=1S/C15H15N3O2/c16-8-13-6-7-14(20-13)10-17-11-15(19)18-9-12-4-2-1-3-5-12/h1-7,17H,9-11H2,(H,18,19). The third-order valence-corrected chi connectivity index (χ3v) is 2.69. The minimum absolute atomic E-state index is 0.0825. The number of benzene rings is 1. The number of carbonyl (C=O) groups excluding carboxylic acids is 1. The first-order chi connectivity index (χ1) is 9.78. The summed E-state index contributed by atoms with van der Waals surface area (Å²) in [6.07, 6.45) is 0. The molecule has 0 radical (unpaired) electrons. The number of furan rings is 1. The number of nitriles is 1. The summed E-state index contributed by atoms with van der Waals surface area (Å²) in [6, 6.07) is 15.0. The van der Waals surface area contributed by atoms with Gasteiger partial charge >= 0.3 is 0 Å². The molecule has 5 heteroatoms. The maximum absolute atomic E-state index is 11.6. The number of rotatable bonds is 6. The van der Waals surface area contributed by atoms with Gasteiger partial charge in [-0.15, -0.1) is 0 Å². The topological polar surface area (TPSA) is 78.1 Å². The molecule has 2 rings (SSSR count). The summed E-state index contributed by atoms with van der Waals surface area (Å²) in [4.78, 5) is 11.6. The molecule has 0 saturated carbocycles. The molecule has 1 aromatic heterocycles. The Morgan fingerprint density at radius 2 is 1.95 bits per heavy atom. The van der Waals surface area contributed by atoms with Crippen LogP contribution in [0.3, 0.4) is 0 Å². The van der Waals surface area contributed by atoms with Crippen molar-refractivity contribution in [3.63, 3.8) is 0 Å². The zero-order valence-corrected chi connectivity index (χ0v) is 10.9. The molecule has 0 atom stereocenters. The van der Waals surface area contributed by atoms with Gasteiger partial charge in [-0.2, -0.15) is 5.26 Å². The number of nitrogens with one attached hydrogen (secondary N) is 2. The second kappa shape index (κ2) is 7.12. The van der Waals surface area contributed by atoms with Gasteiger partial charge in [-0.25, -0.2) is 0 Å². The Bertz CT molecular complexity index is 599. The van der Waals surface area contributed by atoms with Crippen LogP contribution in [0.4, 0.5) is 0 Å². The van der Waals surface area contributed by atoms with Gasteiger partial charge in [-0.05, 0) is 17.7 Å². The summed E-state index contributed by atoms with van der Waals surface area (Å²) in [7, 11) is 0. The Labute approximate surface area is 117 Å². The highest BCUT2D eigenvalue weighted by molar-refractivity contribution is 5.77. The van der Waals surface area contributed by atoms with Crippen LogP contribution in [-0.4, -0.2) is 12.5 Å². The van der Waals surface area contributed by atoms with Crippen LogP contribution in [0.5, 0.6) is 0 Å². The van der Waals surface area contributed by atoms with E-state index in [1.54, 1.807) is 12.1 Å². The Kier molecular flexibility index (Phi) is 4.93. The molecule has 5 nitrogen and oxygen atoms in total. The lowest BCUT2D eigenvalue weighted by Gasteiger charge is -2.05. The minimum atomic E-state index is -0.0825. The highest BCUT2D eigenvalue weighted by Crippen LogP contribution is 2.05. The Morgan fingerprint density at radius 1 is 1.15 bits per heavy atom. The molecule has 2 N–H and O–H groups in total. The fourth-order valence-corrected chi connectivity index (χ4v) is 1.69. The summed E-state index contributed by atoms with van der Waals surface area (Å²) in [5, 5.41) is 14.4. The van der Waals surface area contributed by atoms with Gasteiger partial charge in [0, 0.05) is 6.54 Å². The molecular weight excluding hydrogens is 254 g/mol. The van der Waals surface area contributed by atoms with Gasteiger partial charge in [0.25, 0.3) is 0 Å². The van der Waals surface area contributed by atoms with Crippen molar-refractivity contribution in [3.8, 4) is 6.07 Å². The molecule has 0 bridgehead atoms. The van der Waals surface area contributed by atoms with Crippen LogP contribution in [0.15, 0.2) is 46.9 Å². The van der Waals surface area contributed by atoms with Crippen LogP contribution in [0, 0.1) is 11.3 Å². The first kappa shape index (κ1) is 13.8. The highest BCUT2D eigenvalue weighted by Gasteiger charge is 2.03. The number of hydrogen-bond donors (Lipinski definition) is 2. The predicted octanol–water partition coefficient (Wildman–Crippen LogP) is 1.56. The van der Waals surface area contributed by atoms with Gasteiger partial charge in [-0.1, -0.05) is 30.3 Å². The van der Waals surface area contributed by atoms with E-state index in [0.717, 1.165) is 5.56 Å². The monoisotopic (exact) mass is 269 g/mol. The van der Waals surface area contributed by atoms with Crippen molar-refractivity contribution in [2.24, 2.45) is 0 Å². The lowest BCUT2D eigenvalue weighted by molar-refractivity contribution is -0.120. The largest absolute Gasteiger partial charge is 0.449 e. The van der Waals surface area contributed by atoms with Crippen LogP contribution < -0.4 is 10.6 Å². The third kappa shape index (κ3) is 4.26. The van der Waals surface area contributed by atoms with E-state index in [0.29, 0.717) is 18.8 Å². The SMILES string of the molecule is N#Cc1ccc(CNCC(=O)NCc2ccccc2)o1. The van der Waals surface area contributed by atoms with E-state index in [1.165, 1.54) is 0 Å². The van der Waals surface area contributed by atoms with Gasteiger partial charge in [0.2, 0.25) is 11.7 Å². The summed E-state index contributed by atoms with van der Waals surface area (Å²) in [5.74, 6) is 0.827. The van der Waals surface area contributed by atoms with E-state index in [9.17, 15) is 4.79 Å². The predicted molar refractivity (Wildman–Crippen MR) is 73.4 cm³/mol. The Balaban J connectivity index is 1.66. The number of carbonyl (C=O) groups is 1. The summed E-state index contributed by atoms with van der Waals surface area (Å²) < 4.78 is 5.19. The van der Waals surface area contributed by atoms with Gasteiger partial charge in [0.1, 0.15) is 11.8 Å². The third-order valence-electron chi connectivity index (χ3n) is 2.69. The van der Waals surface area contributed by atoms with Crippen LogP contribution in [0.25, 0.3) is 0 Å². The Morgan fingerprint density at radius 3 is 2.65 bits per heavy atom. The van der Waals surface area contributed by atoms with Crippen molar-refractivity contribution in [2.75, 3.05) is 6.54 Å². The molecule has 2 aromatic rings. The second-order valence-corrected chi connectivity index (χ2v) is 4.24. The van der Waals surface area contributed by atoms with Crippen LogP contribution in [0.2, 0.25) is 0 Å². The molecule has 102 valence electrons. The Hall–Kier alpha value is -2.58. The minimum Gasteiger partial charge on any atom is -0.449 e. The summed E-state index contributed by atoms with van der Waals surface area (Å²) in [5.41, 5.74) is 1.06. The first-order valence-electron chi connectivity index (χ1n) is 6.28. The molecule has 1 aromatic carbocycles. The molecule has 0 aliphatic rings. The molecule has 0 aliphatic carbocycles. The van der Waals surface area contributed by atoms with E-state index < -0.39 is 0 Å². The smallest absolute Gasteiger partial charge is 0.234 e. The molecular formula is C15H15N3O2. The van der Waals surface area contributed by atoms with Crippen molar-refractivity contribution >= 4 is 5.91 Å². The average molecular weight is 269 g/mol. The zero-order chi connectivity index (χ0) is 14.2. The molecule has 0 fully saturated rings. The molecule has 1 amide bonds. The van der Waals surface area contributed by atoms with E-state index in [4.69, 9.17) is 9.68 Å². The van der Waals surface area contributed by atoms with Crippen LogP contribution in [0.1, 0.15) is 17.1 Å². The maximum Gasteiger partial charge on any atom is 0.234 e. The molecule has 0 spiro atoms. The first-order valence-corrected chi connectivity index (χ1v) is 6.28. The van der Waals surface area contributed by atoms with Crippen molar-refractivity contribution < 1.29 is 9.21 Å². The quantitative estimate of drug-likeness (QED) is 0.834.